The zero-order chi connectivity index (χ0) is 19.8. The molecule has 0 bridgehead atoms. The lowest BCUT2D eigenvalue weighted by Gasteiger charge is -2.09. The maximum absolute atomic E-state index is 12.1. The number of rotatable bonds is 8. The molecule has 0 aliphatic heterocycles. The van der Waals surface area contributed by atoms with Crippen LogP contribution in [-0.4, -0.2) is 30.0 Å². The van der Waals surface area contributed by atoms with Crippen LogP contribution in [0.4, 0.5) is 5.69 Å². The number of amides is 1. The normalized spacial score (nSPS) is 10.5. The van der Waals surface area contributed by atoms with Gasteiger partial charge < -0.3 is 10.1 Å². The quantitative estimate of drug-likeness (QED) is 0.421. The largest absolute Gasteiger partial charge is 0.452 e. The van der Waals surface area contributed by atoms with Crippen molar-refractivity contribution in [2.45, 2.75) is 23.6 Å². The summed E-state index contributed by atoms with van der Waals surface area (Å²) in [5, 5.41) is 14.0. The first-order valence-corrected chi connectivity index (χ1v) is 9.13. The highest BCUT2D eigenvalue weighted by atomic mass is 32.2. The summed E-state index contributed by atoms with van der Waals surface area (Å²) < 4.78 is 4.93. The molecule has 0 saturated carbocycles. The van der Waals surface area contributed by atoms with E-state index in [1.165, 1.54) is 30.0 Å². The fourth-order valence-corrected chi connectivity index (χ4v) is 2.99. The highest BCUT2D eigenvalue weighted by Crippen LogP contribution is 2.35. The lowest BCUT2D eigenvalue weighted by atomic mass is 10.2. The Hall–Kier alpha value is -2.87. The molecule has 0 aliphatic rings. The van der Waals surface area contributed by atoms with Gasteiger partial charge in [0.05, 0.1) is 15.4 Å². The molecular formula is C19H20N2O5S. The zero-order valence-corrected chi connectivity index (χ0v) is 15.8. The molecule has 1 amide bonds. The van der Waals surface area contributed by atoms with Gasteiger partial charge >= 0.3 is 5.97 Å². The highest BCUT2D eigenvalue weighted by molar-refractivity contribution is 7.99. The Labute approximate surface area is 161 Å². The molecule has 8 heteroatoms. The molecular weight excluding hydrogens is 368 g/mol. The van der Waals surface area contributed by atoms with Crippen LogP contribution in [0.2, 0.25) is 0 Å². The molecule has 2 rings (SSSR count). The van der Waals surface area contributed by atoms with E-state index in [0.717, 1.165) is 4.90 Å². The van der Waals surface area contributed by atoms with Crippen molar-refractivity contribution in [1.29, 1.82) is 0 Å². The van der Waals surface area contributed by atoms with E-state index in [1.54, 1.807) is 0 Å². The zero-order valence-electron chi connectivity index (χ0n) is 15.0. The van der Waals surface area contributed by atoms with Crippen molar-refractivity contribution in [3.05, 3.63) is 64.2 Å². The highest BCUT2D eigenvalue weighted by Gasteiger charge is 2.19. The molecule has 0 heterocycles. The van der Waals surface area contributed by atoms with Gasteiger partial charge in [-0.25, -0.2) is 4.79 Å². The standard InChI is InChI=1S/C19H20N2O5S/c1-13(2)11-20-18(22)12-26-19(23)14-8-9-17(16(10-14)21(24)25)27-15-6-4-3-5-7-15/h3-10,13H,11-12H2,1-2H3,(H,20,22). The number of carbonyl (C=O) groups excluding carboxylic acids is 2. The molecule has 1 N–H and O–H groups in total. The van der Waals surface area contributed by atoms with E-state index in [9.17, 15) is 19.7 Å². The summed E-state index contributed by atoms with van der Waals surface area (Å²) in [6.45, 7) is 3.94. The van der Waals surface area contributed by atoms with Gasteiger partial charge in [-0.05, 0) is 30.2 Å². The number of hydrogen-bond acceptors (Lipinski definition) is 6. The number of carbonyl (C=O) groups is 2. The number of nitrogens with zero attached hydrogens (tertiary/aromatic N) is 1. The van der Waals surface area contributed by atoms with E-state index in [0.29, 0.717) is 11.4 Å². The van der Waals surface area contributed by atoms with Gasteiger partial charge in [0.1, 0.15) is 0 Å². The molecule has 0 fully saturated rings. The van der Waals surface area contributed by atoms with Crippen molar-refractivity contribution < 1.29 is 19.2 Å². The van der Waals surface area contributed by atoms with E-state index in [2.05, 4.69) is 5.32 Å². The number of nitro benzene ring substituents is 1. The Bertz CT molecular complexity index is 824. The minimum atomic E-state index is -0.783. The van der Waals surface area contributed by atoms with Crippen LogP contribution in [0.1, 0.15) is 24.2 Å². The molecule has 0 atom stereocenters. The van der Waals surface area contributed by atoms with E-state index in [1.807, 2.05) is 44.2 Å². The average molecular weight is 388 g/mol. The summed E-state index contributed by atoms with van der Waals surface area (Å²) in [4.78, 5) is 35.8. The SMILES string of the molecule is CC(C)CNC(=O)COC(=O)c1ccc(Sc2ccccc2)c([N+](=O)[O-])c1. The third-order valence-electron chi connectivity index (χ3n) is 3.40. The van der Waals surface area contributed by atoms with Crippen LogP contribution in [0.3, 0.4) is 0 Å². The van der Waals surface area contributed by atoms with Gasteiger partial charge in [-0.15, -0.1) is 0 Å². The Morgan fingerprint density at radius 1 is 1.19 bits per heavy atom. The molecule has 0 unspecified atom stereocenters. The van der Waals surface area contributed by atoms with Crippen LogP contribution in [-0.2, 0) is 9.53 Å². The Morgan fingerprint density at radius 3 is 2.52 bits per heavy atom. The topological polar surface area (TPSA) is 98.5 Å². The van der Waals surface area contributed by atoms with Crippen molar-refractivity contribution in [3.8, 4) is 0 Å². The molecule has 0 aliphatic carbocycles. The molecule has 2 aromatic carbocycles. The van der Waals surface area contributed by atoms with Crippen molar-refractivity contribution >= 4 is 29.3 Å². The lowest BCUT2D eigenvalue weighted by Crippen LogP contribution is -2.31. The predicted molar refractivity (Wildman–Crippen MR) is 102 cm³/mol. The monoisotopic (exact) mass is 388 g/mol. The maximum atomic E-state index is 12.1. The molecule has 2 aromatic rings. The van der Waals surface area contributed by atoms with E-state index in [4.69, 9.17) is 4.74 Å². The van der Waals surface area contributed by atoms with Gasteiger partial charge in [-0.3, -0.25) is 14.9 Å². The molecule has 142 valence electrons. The van der Waals surface area contributed by atoms with Crippen LogP contribution in [0.5, 0.6) is 0 Å². The second-order valence-corrected chi connectivity index (χ2v) is 7.24. The second-order valence-electron chi connectivity index (χ2n) is 6.13. The summed E-state index contributed by atoms with van der Waals surface area (Å²) in [5.74, 6) is -0.918. The Morgan fingerprint density at radius 2 is 1.89 bits per heavy atom. The van der Waals surface area contributed by atoms with Crippen molar-refractivity contribution in [2.24, 2.45) is 5.92 Å². The minimum absolute atomic E-state index is 0.0239. The van der Waals surface area contributed by atoms with Gasteiger partial charge in [0.15, 0.2) is 6.61 Å². The number of hydrogen-bond donors (Lipinski definition) is 1. The Kier molecular flexibility index (Phi) is 7.36. The lowest BCUT2D eigenvalue weighted by molar-refractivity contribution is -0.387. The fourth-order valence-electron chi connectivity index (χ4n) is 2.07. The third-order valence-corrected chi connectivity index (χ3v) is 4.48. The summed E-state index contributed by atoms with van der Waals surface area (Å²) in [7, 11) is 0. The summed E-state index contributed by atoms with van der Waals surface area (Å²) in [6, 6.07) is 13.3. The molecule has 27 heavy (non-hydrogen) atoms. The third kappa shape index (κ3) is 6.41. The van der Waals surface area contributed by atoms with Crippen molar-refractivity contribution in [2.75, 3.05) is 13.2 Å². The predicted octanol–water partition coefficient (Wildman–Crippen LogP) is 3.68. The molecule has 0 saturated heterocycles. The fraction of sp³-hybridized carbons (Fsp3) is 0.263. The van der Waals surface area contributed by atoms with Crippen LogP contribution in [0.15, 0.2) is 58.3 Å². The number of esters is 1. The van der Waals surface area contributed by atoms with Crippen LogP contribution in [0, 0.1) is 16.0 Å². The van der Waals surface area contributed by atoms with E-state index in [-0.39, 0.29) is 17.2 Å². The summed E-state index contributed by atoms with van der Waals surface area (Å²) in [5.41, 5.74) is -0.168. The smallest absolute Gasteiger partial charge is 0.338 e. The van der Waals surface area contributed by atoms with Gasteiger partial charge in [-0.1, -0.05) is 43.8 Å². The molecule has 0 aromatic heterocycles. The van der Waals surface area contributed by atoms with Crippen LogP contribution >= 0.6 is 11.8 Å². The van der Waals surface area contributed by atoms with Crippen molar-refractivity contribution in [1.82, 2.24) is 5.32 Å². The van der Waals surface area contributed by atoms with Gasteiger partial charge in [0, 0.05) is 17.5 Å². The van der Waals surface area contributed by atoms with Gasteiger partial charge in [0.2, 0.25) is 0 Å². The van der Waals surface area contributed by atoms with Crippen molar-refractivity contribution in [3.63, 3.8) is 0 Å². The first kappa shape index (κ1) is 20.4. The number of benzene rings is 2. The number of nitrogens with one attached hydrogen (secondary N) is 1. The first-order chi connectivity index (χ1) is 12.9. The van der Waals surface area contributed by atoms with Gasteiger partial charge in [0.25, 0.3) is 11.6 Å². The summed E-state index contributed by atoms with van der Waals surface area (Å²) in [6.07, 6.45) is 0. The Balaban J connectivity index is 2.07. The average Bonchev–Trinajstić information content (AvgIpc) is 2.65. The van der Waals surface area contributed by atoms with Gasteiger partial charge in [-0.2, -0.15) is 0 Å². The minimum Gasteiger partial charge on any atom is -0.452 e. The number of ether oxygens (including phenoxy) is 1. The second kappa shape index (κ2) is 9.72. The van der Waals surface area contributed by atoms with Crippen LogP contribution < -0.4 is 5.32 Å². The molecule has 0 radical (unpaired) electrons. The van der Waals surface area contributed by atoms with Crippen LogP contribution in [0.25, 0.3) is 0 Å². The van der Waals surface area contributed by atoms with E-state index < -0.39 is 23.4 Å². The number of nitro groups is 1. The first-order valence-electron chi connectivity index (χ1n) is 8.32. The maximum Gasteiger partial charge on any atom is 0.338 e. The van der Waals surface area contributed by atoms with E-state index >= 15 is 0 Å². The summed E-state index contributed by atoms with van der Waals surface area (Å²) >= 11 is 1.23. The molecule has 0 spiro atoms. The molecule has 7 nitrogen and oxygen atoms in total.